The average Bonchev–Trinajstić information content (AvgIpc) is 3.06. The molecule has 2 saturated carbocycles. The summed E-state index contributed by atoms with van der Waals surface area (Å²) in [5.74, 6) is 1.66. The Balaban J connectivity index is 1.84. The number of imidazole rings is 1. The van der Waals surface area contributed by atoms with Crippen molar-refractivity contribution >= 4 is 15.9 Å². The molecule has 2 aliphatic carbocycles. The van der Waals surface area contributed by atoms with Crippen molar-refractivity contribution in [3.05, 3.63) is 18.2 Å². The van der Waals surface area contributed by atoms with Gasteiger partial charge in [0.15, 0.2) is 0 Å². The van der Waals surface area contributed by atoms with Gasteiger partial charge in [-0.15, -0.1) is 0 Å². The maximum Gasteiger partial charge on any atom is 0.0950 e. The summed E-state index contributed by atoms with van der Waals surface area (Å²) < 4.78 is 2.40. The van der Waals surface area contributed by atoms with Crippen LogP contribution in [0, 0.1) is 5.92 Å². The highest BCUT2D eigenvalue weighted by molar-refractivity contribution is 9.09. The van der Waals surface area contributed by atoms with Crippen LogP contribution in [-0.4, -0.2) is 14.9 Å². The monoisotopic (exact) mass is 240 g/mol. The van der Waals surface area contributed by atoms with Gasteiger partial charge in [-0.1, -0.05) is 15.9 Å². The summed E-state index contributed by atoms with van der Waals surface area (Å²) in [4.78, 5) is 4.26. The zero-order valence-electron chi connectivity index (χ0n) is 7.49. The van der Waals surface area contributed by atoms with Crippen LogP contribution in [0.3, 0.4) is 0 Å². The zero-order chi connectivity index (χ0) is 8.84. The lowest BCUT2D eigenvalue weighted by Crippen LogP contribution is -1.98. The molecule has 2 fully saturated rings. The highest BCUT2D eigenvalue weighted by Crippen LogP contribution is 2.50. The van der Waals surface area contributed by atoms with Crippen LogP contribution in [-0.2, 0) is 0 Å². The molecule has 2 aliphatic rings. The Morgan fingerprint density at radius 1 is 1.54 bits per heavy atom. The van der Waals surface area contributed by atoms with Gasteiger partial charge in [-0.3, -0.25) is 0 Å². The third kappa shape index (κ3) is 1.33. The van der Waals surface area contributed by atoms with E-state index < -0.39 is 0 Å². The first kappa shape index (κ1) is 8.04. The van der Waals surface area contributed by atoms with Gasteiger partial charge in [0, 0.05) is 29.2 Å². The summed E-state index contributed by atoms with van der Waals surface area (Å²) in [7, 11) is 0. The zero-order valence-corrected chi connectivity index (χ0v) is 9.07. The van der Waals surface area contributed by atoms with Gasteiger partial charge in [-0.25, -0.2) is 4.98 Å². The Morgan fingerprint density at radius 3 is 3.00 bits per heavy atom. The van der Waals surface area contributed by atoms with Crippen molar-refractivity contribution in [3.8, 4) is 0 Å². The second kappa shape index (κ2) is 2.84. The summed E-state index contributed by atoms with van der Waals surface area (Å²) in [6.45, 7) is 0. The van der Waals surface area contributed by atoms with Gasteiger partial charge in [0.2, 0.25) is 0 Å². The molecule has 1 heterocycles. The van der Waals surface area contributed by atoms with Gasteiger partial charge in [-0.2, -0.15) is 0 Å². The molecule has 0 amide bonds. The fraction of sp³-hybridized carbons (Fsp3) is 0.700. The van der Waals surface area contributed by atoms with Crippen LogP contribution in [0.25, 0.3) is 0 Å². The Labute approximate surface area is 86.5 Å². The first-order valence-corrected chi connectivity index (χ1v) is 6.10. The Bertz CT molecular complexity index is 316. The average molecular weight is 241 g/mol. The number of hydrogen-bond donors (Lipinski definition) is 0. The molecule has 2 unspecified atom stereocenters. The van der Waals surface area contributed by atoms with Crippen LogP contribution in [0.15, 0.2) is 12.5 Å². The molecule has 3 heteroatoms. The topological polar surface area (TPSA) is 17.8 Å². The molecule has 13 heavy (non-hydrogen) atoms. The van der Waals surface area contributed by atoms with Crippen LogP contribution in [0.1, 0.15) is 36.9 Å². The van der Waals surface area contributed by atoms with E-state index in [1.165, 1.54) is 25.0 Å². The standard InChI is InChI=1S/C10H13BrN2/c11-4-7-3-9(7)10-5-12-6-13(10)8-1-2-8/h5-9H,1-4H2. The highest BCUT2D eigenvalue weighted by atomic mass is 79.9. The minimum absolute atomic E-state index is 0.786. The predicted octanol–water partition coefficient (Wildman–Crippen LogP) is 2.72. The van der Waals surface area contributed by atoms with E-state index in [1.807, 2.05) is 6.33 Å². The van der Waals surface area contributed by atoms with Crippen LogP contribution < -0.4 is 0 Å². The largest absolute Gasteiger partial charge is 0.331 e. The Kier molecular flexibility index (Phi) is 1.76. The van der Waals surface area contributed by atoms with Gasteiger partial charge in [-0.05, 0) is 25.2 Å². The molecule has 0 aliphatic heterocycles. The molecule has 0 saturated heterocycles. The summed E-state index contributed by atoms with van der Waals surface area (Å²) in [5.41, 5.74) is 1.48. The van der Waals surface area contributed by atoms with E-state index >= 15 is 0 Å². The second-order valence-corrected chi connectivity index (χ2v) is 4.86. The Hall–Kier alpha value is -0.310. The van der Waals surface area contributed by atoms with Crippen LogP contribution >= 0.6 is 15.9 Å². The van der Waals surface area contributed by atoms with E-state index in [2.05, 4.69) is 31.7 Å². The van der Waals surface area contributed by atoms with Crippen molar-refractivity contribution in [2.45, 2.75) is 31.2 Å². The molecule has 0 aromatic carbocycles. The molecule has 2 nitrogen and oxygen atoms in total. The minimum Gasteiger partial charge on any atom is -0.331 e. The maximum atomic E-state index is 4.26. The number of rotatable bonds is 3. The van der Waals surface area contributed by atoms with Crippen molar-refractivity contribution in [3.63, 3.8) is 0 Å². The van der Waals surface area contributed by atoms with Crippen LogP contribution in [0.4, 0.5) is 0 Å². The van der Waals surface area contributed by atoms with Crippen molar-refractivity contribution in [2.24, 2.45) is 5.92 Å². The van der Waals surface area contributed by atoms with Crippen molar-refractivity contribution < 1.29 is 0 Å². The van der Waals surface area contributed by atoms with Crippen molar-refractivity contribution in [2.75, 3.05) is 5.33 Å². The van der Waals surface area contributed by atoms with E-state index in [0.29, 0.717) is 0 Å². The normalized spacial score (nSPS) is 32.1. The number of nitrogens with zero attached hydrogens (tertiary/aromatic N) is 2. The fourth-order valence-electron chi connectivity index (χ4n) is 2.04. The molecule has 3 rings (SSSR count). The van der Waals surface area contributed by atoms with E-state index in [1.54, 1.807) is 0 Å². The van der Waals surface area contributed by atoms with Gasteiger partial charge in [0.25, 0.3) is 0 Å². The molecule has 0 bridgehead atoms. The Morgan fingerprint density at radius 2 is 2.38 bits per heavy atom. The van der Waals surface area contributed by atoms with E-state index in [0.717, 1.165) is 23.2 Å². The second-order valence-electron chi connectivity index (χ2n) is 4.21. The van der Waals surface area contributed by atoms with Crippen molar-refractivity contribution in [1.82, 2.24) is 9.55 Å². The molecule has 0 N–H and O–H groups in total. The summed E-state index contributed by atoms with van der Waals surface area (Å²) in [5, 5.41) is 1.15. The van der Waals surface area contributed by atoms with Crippen LogP contribution in [0.5, 0.6) is 0 Å². The van der Waals surface area contributed by atoms with Gasteiger partial charge in [0.1, 0.15) is 0 Å². The smallest absolute Gasteiger partial charge is 0.0950 e. The summed E-state index contributed by atoms with van der Waals surface area (Å²) in [6.07, 6.45) is 8.13. The number of aromatic nitrogens is 2. The molecule has 1 aromatic rings. The molecule has 70 valence electrons. The van der Waals surface area contributed by atoms with E-state index in [4.69, 9.17) is 0 Å². The first-order valence-electron chi connectivity index (χ1n) is 4.98. The molecule has 0 spiro atoms. The lowest BCUT2D eigenvalue weighted by molar-refractivity contribution is 0.685. The number of alkyl halides is 1. The third-order valence-electron chi connectivity index (χ3n) is 3.14. The quantitative estimate of drug-likeness (QED) is 0.744. The summed E-state index contributed by atoms with van der Waals surface area (Å²) >= 11 is 3.55. The van der Waals surface area contributed by atoms with Crippen LogP contribution in [0.2, 0.25) is 0 Å². The summed E-state index contributed by atoms with van der Waals surface area (Å²) in [6, 6.07) is 0.786. The lowest BCUT2D eigenvalue weighted by Gasteiger charge is -2.04. The van der Waals surface area contributed by atoms with Crippen molar-refractivity contribution in [1.29, 1.82) is 0 Å². The number of halogens is 1. The van der Waals surface area contributed by atoms with E-state index in [-0.39, 0.29) is 0 Å². The third-order valence-corrected chi connectivity index (χ3v) is 3.97. The van der Waals surface area contributed by atoms with Gasteiger partial charge >= 0.3 is 0 Å². The minimum atomic E-state index is 0.786. The molecule has 0 radical (unpaired) electrons. The molecular weight excluding hydrogens is 228 g/mol. The molecular formula is C10H13BrN2. The number of hydrogen-bond acceptors (Lipinski definition) is 1. The van der Waals surface area contributed by atoms with Gasteiger partial charge in [0.05, 0.1) is 6.33 Å². The lowest BCUT2D eigenvalue weighted by atomic mass is 10.2. The first-order chi connectivity index (χ1) is 6.40. The predicted molar refractivity (Wildman–Crippen MR) is 55.1 cm³/mol. The van der Waals surface area contributed by atoms with Gasteiger partial charge < -0.3 is 4.57 Å². The molecule has 1 aromatic heterocycles. The maximum absolute atomic E-state index is 4.26. The fourth-order valence-corrected chi connectivity index (χ4v) is 2.76. The highest BCUT2D eigenvalue weighted by Gasteiger charge is 2.41. The molecule has 2 atom stereocenters. The van der Waals surface area contributed by atoms with E-state index in [9.17, 15) is 0 Å². The SMILES string of the molecule is BrCC1CC1c1cncn1C1CC1.